The molecule has 0 radical (unpaired) electrons. The minimum atomic E-state index is -1.02. The van der Waals surface area contributed by atoms with Gasteiger partial charge in [0.1, 0.15) is 6.04 Å². The summed E-state index contributed by atoms with van der Waals surface area (Å²) in [5, 5.41) is 16.8. The van der Waals surface area contributed by atoms with E-state index in [1.165, 1.54) is 141 Å². The fourth-order valence-electron chi connectivity index (χ4n) is 6.34. The summed E-state index contributed by atoms with van der Waals surface area (Å²) in [7, 11) is 0. The van der Waals surface area contributed by atoms with E-state index < -0.39 is 30.1 Å². The summed E-state index contributed by atoms with van der Waals surface area (Å²) in [6, 6.07) is -0.897. The largest absolute Gasteiger partial charge is 0.481 e. The zero-order valence-electron chi connectivity index (χ0n) is 33.7. The monoisotopic (exact) mass is 740 g/mol. The Hall–Kier alpha value is -2.52. The minimum Gasteiger partial charge on any atom is -0.481 e. The van der Waals surface area contributed by atoms with Crippen LogP contribution >= 0.6 is 0 Å². The Morgan fingerprint density at radius 2 is 0.827 bits per heavy atom. The molecule has 10 heteroatoms. The highest BCUT2D eigenvalue weighted by molar-refractivity contribution is 5.85. The quantitative estimate of drug-likeness (QED) is 0.0459. The van der Waals surface area contributed by atoms with E-state index in [4.69, 9.17) is 14.6 Å². The lowest BCUT2D eigenvalue weighted by Crippen LogP contribution is -2.47. The van der Waals surface area contributed by atoms with Gasteiger partial charge in [0.15, 0.2) is 0 Å². The van der Waals surface area contributed by atoms with E-state index in [-0.39, 0.29) is 32.5 Å². The average Bonchev–Trinajstić information content (AvgIpc) is 3.12. The number of ether oxygens (including phenoxy) is 2. The maximum atomic E-state index is 12.7. The number of alkyl carbamates (subject to hydrolysis) is 2. The number of amides is 3. The zero-order valence-corrected chi connectivity index (χ0v) is 33.7. The molecule has 0 rings (SSSR count). The molecule has 0 heterocycles. The molecule has 4 N–H and O–H groups in total. The number of carboxylic acid groups (broad SMARTS) is 1. The number of carboxylic acids is 1. The predicted molar refractivity (Wildman–Crippen MR) is 213 cm³/mol. The SMILES string of the molecule is CCCCCCCCCCCCCCCCOC(=O)NCCC[C@H](NC(=O)OCCCCCCCCCCCCCCCC)C(=O)NCCC(=O)O. The van der Waals surface area contributed by atoms with Gasteiger partial charge in [-0.2, -0.15) is 0 Å². The molecule has 306 valence electrons. The lowest BCUT2D eigenvalue weighted by Gasteiger charge is -2.18. The van der Waals surface area contributed by atoms with Gasteiger partial charge in [0.25, 0.3) is 0 Å². The summed E-state index contributed by atoms with van der Waals surface area (Å²) in [4.78, 5) is 48.1. The summed E-state index contributed by atoms with van der Waals surface area (Å²) in [6.45, 7) is 5.42. The Labute approximate surface area is 318 Å². The van der Waals surface area contributed by atoms with E-state index in [0.29, 0.717) is 13.0 Å². The first-order valence-electron chi connectivity index (χ1n) is 21.7. The fourth-order valence-corrected chi connectivity index (χ4v) is 6.34. The topological polar surface area (TPSA) is 143 Å². The van der Waals surface area contributed by atoms with Gasteiger partial charge in [-0.15, -0.1) is 0 Å². The van der Waals surface area contributed by atoms with E-state index in [1.54, 1.807) is 0 Å². The second-order valence-electron chi connectivity index (χ2n) is 14.7. The van der Waals surface area contributed by atoms with Crippen LogP contribution in [0.1, 0.15) is 213 Å². The first-order chi connectivity index (χ1) is 25.4. The zero-order chi connectivity index (χ0) is 38.2. The van der Waals surface area contributed by atoms with Crippen LogP contribution in [0, 0.1) is 0 Å². The van der Waals surface area contributed by atoms with Crippen LogP contribution in [0.3, 0.4) is 0 Å². The van der Waals surface area contributed by atoms with Crippen LogP contribution in [0.15, 0.2) is 0 Å². The third-order valence-electron chi connectivity index (χ3n) is 9.65. The molecule has 0 saturated heterocycles. The van der Waals surface area contributed by atoms with Crippen LogP contribution in [0.2, 0.25) is 0 Å². The van der Waals surface area contributed by atoms with Gasteiger partial charge in [0, 0.05) is 13.1 Å². The standard InChI is InChI=1S/C42H81N3O7/c1-3-5-7-9-11-13-15-17-19-21-23-25-27-29-36-51-41(49)44-34-31-32-38(40(48)43-35-33-39(46)47)45-42(50)52-37-30-28-26-24-22-20-18-16-14-12-10-8-6-4-2/h38H,3-37H2,1-2H3,(H,43,48)(H,44,49)(H,45,50)(H,46,47)/t38-/m0/s1. The smallest absolute Gasteiger partial charge is 0.407 e. The van der Waals surface area contributed by atoms with Crippen LogP contribution in [0.5, 0.6) is 0 Å². The van der Waals surface area contributed by atoms with Crippen LogP contribution in [0.4, 0.5) is 9.59 Å². The van der Waals surface area contributed by atoms with E-state index in [9.17, 15) is 19.2 Å². The second-order valence-corrected chi connectivity index (χ2v) is 14.7. The molecule has 0 aromatic rings. The lowest BCUT2D eigenvalue weighted by molar-refractivity contribution is -0.137. The van der Waals surface area contributed by atoms with Gasteiger partial charge in [0.2, 0.25) is 5.91 Å². The predicted octanol–water partition coefficient (Wildman–Crippen LogP) is 11.1. The van der Waals surface area contributed by atoms with Crippen molar-refractivity contribution in [3.05, 3.63) is 0 Å². The molecule has 0 aliphatic carbocycles. The van der Waals surface area contributed by atoms with E-state index in [1.807, 2.05) is 0 Å². The van der Waals surface area contributed by atoms with Crippen LogP contribution in [0.25, 0.3) is 0 Å². The van der Waals surface area contributed by atoms with Crippen molar-refractivity contribution in [2.75, 3.05) is 26.3 Å². The molecular weight excluding hydrogens is 658 g/mol. The third-order valence-corrected chi connectivity index (χ3v) is 9.65. The van der Waals surface area contributed by atoms with Gasteiger partial charge in [-0.05, 0) is 25.7 Å². The first-order valence-corrected chi connectivity index (χ1v) is 21.7. The van der Waals surface area contributed by atoms with Crippen LogP contribution < -0.4 is 16.0 Å². The number of hydrogen-bond donors (Lipinski definition) is 4. The van der Waals surface area contributed by atoms with Crippen molar-refractivity contribution in [3.63, 3.8) is 0 Å². The van der Waals surface area contributed by atoms with Gasteiger partial charge in [-0.1, -0.05) is 181 Å². The molecule has 1 atom stereocenters. The minimum absolute atomic E-state index is 0.0374. The molecule has 0 aliphatic rings. The number of rotatable bonds is 39. The Bertz CT molecular complexity index is 842. The Morgan fingerprint density at radius 3 is 1.21 bits per heavy atom. The first kappa shape index (κ1) is 49.5. The summed E-state index contributed by atoms with van der Waals surface area (Å²) >= 11 is 0. The number of unbranched alkanes of at least 4 members (excludes halogenated alkanes) is 26. The van der Waals surface area contributed by atoms with Gasteiger partial charge in [-0.25, -0.2) is 9.59 Å². The second kappa shape index (κ2) is 39.7. The van der Waals surface area contributed by atoms with E-state index in [0.717, 1.165) is 38.5 Å². The summed E-state index contributed by atoms with van der Waals surface area (Å²) < 4.78 is 10.6. The third kappa shape index (κ3) is 37.2. The molecule has 0 spiro atoms. The van der Waals surface area contributed by atoms with Crippen molar-refractivity contribution in [2.45, 2.75) is 219 Å². The number of hydrogen-bond acceptors (Lipinski definition) is 6. The Balaban J connectivity index is 4.00. The van der Waals surface area contributed by atoms with E-state index >= 15 is 0 Å². The van der Waals surface area contributed by atoms with Crippen molar-refractivity contribution in [2.24, 2.45) is 0 Å². The summed E-state index contributed by atoms with van der Waals surface area (Å²) in [5.74, 6) is -1.50. The molecule has 0 fully saturated rings. The Morgan fingerprint density at radius 1 is 0.462 bits per heavy atom. The van der Waals surface area contributed by atoms with Crippen LogP contribution in [-0.2, 0) is 19.1 Å². The van der Waals surface area contributed by atoms with Gasteiger partial charge in [0.05, 0.1) is 19.6 Å². The maximum Gasteiger partial charge on any atom is 0.407 e. The molecule has 0 saturated carbocycles. The molecule has 10 nitrogen and oxygen atoms in total. The number of nitrogens with one attached hydrogen (secondary N) is 3. The molecular formula is C42H81N3O7. The molecule has 52 heavy (non-hydrogen) atoms. The normalized spacial score (nSPS) is 11.6. The Kier molecular flexibility index (Phi) is 37.8. The molecule has 0 aromatic heterocycles. The van der Waals surface area contributed by atoms with Crippen molar-refractivity contribution in [1.29, 1.82) is 0 Å². The number of aliphatic carboxylic acids is 1. The average molecular weight is 740 g/mol. The van der Waals surface area contributed by atoms with Crippen molar-refractivity contribution >= 4 is 24.1 Å². The fraction of sp³-hybridized carbons (Fsp3) is 0.905. The van der Waals surface area contributed by atoms with Gasteiger partial charge >= 0.3 is 18.2 Å². The lowest BCUT2D eigenvalue weighted by atomic mass is 10.0. The number of carbonyl (C=O) groups excluding carboxylic acids is 3. The highest BCUT2D eigenvalue weighted by Gasteiger charge is 2.21. The molecule has 3 amide bonds. The molecule has 0 unspecified atom stereocenters. The molecule has 0 aromatic carbocycles. The number of carbonyl (C=O) groups is 4. The van der Waals surface area contributed by atoms with E-state index in [2.05, 4.69) is 29.8 Å². The highest BCUT2D eigenvalue weighted by Crippen LogP contribution is 2.14. The van der Waals surface area contributed by atoms with Crippen molar-refractivity contribution in [3.8, 4) is 0 Å². The molecule has 0 aliphatic heterocycles. The molecule has 0 bridgehead atoms. The van der Waals surface area contributed by atoms with Crippen molar-refractivity contribution in [1.82, 2.24) is 16.0 Å². The van der Waals surface area contributed by atoms with Gasteiger partial charge < -0.3 is 30.5 Å². The van der Waals surface area contributed by atoms with Crippen LogP contribution in [-0.4, -0.2) is 61.5 Å². The highest BCUT2D eigenvalue weighted by atomic mass is 16.6. The summed E-state index contributed by atoms with van der Waals surface area (Å²) in [5.41, 5.74) is 0. The van der Waals surface area contributed by atoms with Gasteiger partial charge in [-0.3, -0.25) is 9.59 Å². The summed E-state index contributed by atoms with van der Waals surface area (Å²) in [6.07, 6.45) is 34.5. The maximum absolute atomic E-state index is 12.7. The van der Waals surface area contributed by atoms with Crippen molar-refractivity contribution < 1.29 is 33.8 Å².